The van der Waals surface area contributed by atoms with Crippen molar-refractivity contribution in [3.05, 3.63) is 48.0 Å². The summed E-state index contributed by atoms with van der Waals surface area (Å²) in [6, 6.07) is 8.68. The van der Waals surface area contributed by atoms with Crippen LogP contribution in [0.3, 0.4) is 0 Å². The molecular formula is C18H25N3O3S. The van der Waals surface area contributed by atoms with E-state index in [0.29, 0.717) is 30.5 Å². The van der Waals surface area contributed by atoms with Crippen LogP contribution in [0.5, 0.6) is 0 Å². The van der Waals surface area contributed by atoms with E-state index in [1.54, 1.807) is 35.7 Å². The van der Waals surface area contributed by atoms with Crippen molar-refractivity contribution in [3.8, 4) is 0 Å². The molecule has 0 spiro atoms. The zero-order valence-electron chi connectivity index (χ0n) is 14.8. The maximum absolute atomic E-state index is 12.7. The highest BCUT2D eigenvalue weighted by molar-refractivity contribution is 7.89. The number of nitrogens with zero attached hydrogens (tertiary/aromatic N) is 3. The summed E-state index contributed by atoms with van der Waals surface area (Å²) in [5, 5.41) is 0. The Balaban J connectivity index is 1.64. The van der Waals surface area contributed by atoms with Crippen LogP contribution in [0.4, 0.5) is 0 Å². The molecule has 3 rings (SSSR count). The molecule has 1 saturated heterocycles. The smallest absolute Gasteiger partial charge is 0.243 e. The summed E-state index contributed by atoms with van der Waals surface area (Å²) in [4.78, 5) is 4.77. The molecule has 1 aromatic carbocycles. The van der Waals surface area contributed by atoms with Gasteiger partial charge in [-0.05, 0) is 37.8 Å². The van der Waals surface area contributed by atoms with Gasteiger partial charge in [0.1, 0.15) is 12.4 Å². The second-order valence-corrected chi connectivity index (χ2v) is 8.46. The van der Waals surface area contributed by atoms with Crippen molar-refractivity contribution in [3.63, 3.8) is 0 Å². The van der Waals surface area contributed by atoms with Gasteiger partial charge in [-0.25, -0.2) is 13.4 Å². The van der Waals surface area contributed by atoms with E-state index in [4.69, 9.17) is 4.74 Å². The number of rotatable bonds is 6. The minimum absolute atomic E-state index is 0.376. The predicted molar refractivity (Wildman–Crippen MR) is 95.6 cm³/mol. The molecule has 6 nitrogen and oxygen atoms in total. The van der Waals surface area contributed by atoms with Gasteiger partial charge < -0.3 is 9.30 Å². The number of hydrogen-bond acceptors (Lipinski definition) is 4. The molecule has 0 atom stereocenters. The summed E-state index contributed by atoms with van der Waals surface area (Å²) < 4.78 is 34.4. The lowest BCUT2D eigenvalue weighted by molar-refractivity contribution is 0.170. The zero-order chi connectivity index (χ0) is 17.9. The molecule has 0 amide bonds. The molecule has 0 unspecified atom stereocenters. The van der Waals surface area contributed by atoms with Gasteiger partial charge in [-0.15, -0.1) is 0 Å². The molecule has 0 radical (unpaired) electrons. The first-order valence-corrected chi connectivity index (χ1v) is 10.0. The number of aryl methyl sites for hydroxylation is 1. The van der Waals surface area contributed by atoms with Crippen LogP contribution in [-0.4, -0.2) is 42.5 Å². The molecule has 7 heteroatoms. The Kier molecular flexibility index (Phi) is 5.56. The molecule has 2 heterocycles. The van der Waals surface area contributed by atoms with Crippen molar-refractivity contribution in [1.29, 1.82) is 0 Å². The summed E-state index contributed by atoms with van der Waals surface area (Å²) in [6.07, 6.45) is 3.58. The van der Waals surface area contributed by atoms with E-state index in [0.717, 1.165) is 30.9 Å². The van der Waals surface area contributed by atoms with E-state index in [1.165, 1.54) is 0 Å². The number of hydrogen-bond donors (Lipinski definition) is 0. The molecule has 0 N–H and O–H groups in total. The summed E-state index contributed by atoms with van der Waals surface area (Å²) in [5.41, 5.74) is 1.12. The van der Waals surface area contributed by atoms with Gasteiger partial charge in [-0.1, -0.05) is 18.2 Å². The molecule has 1 aliphatic heterocycles. The van der Waals surface area contributed by atoms with Gasteiger partial charge >= 0.3 is 0 Å². The third kappa shape index (κ3) is 3.94. The SMILES string of the molecule is COCc1ncc(C)n1CC1CCN(S(=O)(=O)c2ccccc2)CC1. The summed E-state index contributed by atoms with van der Waals surface area (Å²) >= 11 is 0. The van der Waals surface area contributed by atoms with Gasteiger partial charge in [-0.2, -0.15) is 4.31 Å². The van der Waals surface area contributed by atoms with Crippen molar-refractivity contribution in [1.82, 2.24) is 13.9 Å². The number of methoxy groups -OCH3 is 1. The fraction of sp³-hybridized carbons (Fsp3) is 0.500. The zero-order valence-corrected chi connectivity index (χ0v) is 15.6. The van der Waals surface area contributed by atoms with E-state index in [-0.39, 0.29) is 0 Å². The van der Waals surface area contributed by atoms with E-state index in [2.05, 4.69) is 9.55 Å². The van der Waals surface area contributed by atoms with Crippen LogP contribution < -0.4 is 0 Å². The molecule has 0 aliphatic carbocycles. The quantitative estimate of drug-likeness (QED) is 0.791. The van der Waals surface area contributed by atoms with Crippen molar-refractivity contribution < 1.29 is 13.2 Å². The highest BCUT2D eigenvalue weighted by Gasteiger charge is 2.29. The molecule has 25 heavy (non-hydrogen) atoms. The first-order valence-electron chi connectivity index (χ1n) is 8.57. The Morgan fingerprint density at radius 1 is 1.20 bits per heavy atom. The monoisotopic (exact) mass is 363 g/mol. The van der Waals surface area contributed by atoms with Crippen LogP contribution in [0.15, 0.2) is 41.4 Å². The Labute approximate surface area is 149 Å². The van der Waals surface area contributed by atoms with Crippen LogP contribution in [0.25, 0.3) is 0 Å². The largest absolute Gasteiger partial charge is 0.377 e. The van der Waals surface area contributed by atoms with Crippen LogP contribution in [-0.2, 0) is 27.9 Å². The summed E-state index contributed by atoms with van der Waals surface area (Å²) in [6.45, 7) is 4.53. The van der Waals surface area contributed by atoms with Crippen LogP contribution in [0.2, 0.25) is 0 Å². The van der Waals surface area contributed by atoms with E-state index in [1.807, 2.05) is 19.2 Å². The van der Waals surface area contributed by atoms with E-state index < -0.39 is 10.0 Å². The van der Waals surface area contributed by atoms with Crippen LogP contribution >= 0.6 is 0 Å². The van der Waals surface area contributed by atoms with Gasteiger partial charge in [0.25, 0.3) is 0 Å². The second-order valence-electron chi connectivity index (χ2n) is 6.52. The average Bonchev–Trinajstić information content (AvgIpc) is 2.97. The Morgan fingerprint density at radius 3 is 2.52 bits per heavy atom. The third-order valence-electron chi connectivity index (χ3n) is 4.81. The number of piperidine rings is 1. The first-order chi connectivity index (χ1) is 12.0. The van der Waals surface area contributed by atoms with Gasteiger partial charge in [-0.3, -0.25) is 0 Å². The van der Waals surface area contributed by atoms with E-state index >= 15 is 0 Å². The predicted octanol–water partition coefficient (Wildman–Crippen LogP) is 2.44. The Hall–Kier alpha value is -1.70. The minimum atomic E-state index is -3.38. The maximum Gasteiger partial charge on any atom is 0.243 e. The lowest BCUT2D eigenvalue weighted by Gasteiger charge is -2.31. The maximum atomic E-state index is 12.7. The lowest BCUT2D eigenvalue weighted by Crippen LogP contribution is -2.39. The number of benzene rings is 1. The number of ether oxygens (including phenoxy) is 1. The van der Waals surface area contributed by atoms with Crippen molar-refractivity contribution in [2.45, 2.75) is 37.8 Å². The minimum Gasteiger partial charge on any atom is -0.377 e. The summed E-state index contributed by atoms with van der Waals surface area (Å²) in [7, 11) is -1.71. The van der Waals surface area contributed by atoms with Crippen molar-refractivity contribution in [2.24, 2.45) is 5.92 Å². The highest BCUT2D eigenvalue weighted by Crippen LogP contribution is 2.25. The molecule has 0 bridgehead atoms. The van der Waals surface area contributed by atoms with Gasteiger partial charge in [0.15, 0.2) is 0 Å². The number of imidazole rings is 1. The average molecular weight is 363 g/mol. The highest BCUT2D eigenvalue weighted by atomic mass is 32.2. The third-order valence-corrected chi connectivity index (χ3v) is 6.72. The molecule has 1 fully saturated rings. The van der Waals surface area contributed by atoms with Gasteiger partial charge in [0, 0.05) is 38.6 Å². The second kappa shape index (κ2) is 7.68. The molecule has 1 aliphatic rings. The lowest BCUT2D eigenvalue weighted by atomic mass is 9.98. The van der Waals surface area contributed by atoms with Crippen LogP contribution in [0.1, 0.15) is 24.4 Å². The Bertz CT molecular complexity index is 794. The summed E-state index contributed by atoms with van der Waals surface area (Å²) in [5.74, 6) is 1.38. The van der Waals surface area contributed by atoms with Crippen molar-refractivity contribution >= 4 is 10.0 Å². The van der Waals surface area contributed by atoms with Crippen molar-refractivity contribution in [2.75, 3.05) is 20.2 Å². The van der Waals surface area contributed by atoms with E-state index in [9.17, 15) is 8.42 Å². The fourth-order valence-corrected chi connectivity index (χ4v) is 4.83. The molecule has 136 valence electrons. The number of aromatic nitrogens is 2. The Morgan fingerprint density at radius 2 is 1.88 bits per heavy atom. The fourth-order valence-electron chi connectivity index (χ4n) is 3.34. The topological polar surface area (TPSA) is 64.4 Å². The molecular weight excluding hydrogens is 338 g/mol. The molecule has 1 aromatic heterocycles. The normalized spacial score (nSPS) is 17.0. The first kappa shape index (κ1) is 18.1. The number of sulfonamides is 1. The van der Waals surface area contributed by atoms with Gasteiger partial charge in [0.2, 0.25) is 10.0 Å². The van der Waals surface area contributed by atoms with Gasteiger partial charge in [0.05, 0.1) is 4.90 Å². The molecule has 2 aromatic rings. The molecule has 0 saturated carbocycles. The van der Waals surface area contributed by atoms with Crippen LogP contribution in [0, 0.1) is 12.8 Å². The standard InChI is InChI=1S/C18H25N3O3S/c1-15-12-19-18(14-24-2)21(15)13-16-8-10-20(11-9-16)25(22,23)17-6-4-3-5-7-17/h3-7,12,16H,8-11,13-14H2,1-2H3.